The van der Waals surface area contributed by atoms with Crippen molar-refractivity contribution in [3.63, 3.8) is 0 Å². The van der Waals surface area contributed by atoms with E-state index in [-0.39, 0.29) is 11.8 Å². The van der Waals surface area contributed by atoms with Crippen LogP contribution >= 0.6 is 23.4 Å². The number of nitrogens with one attached hydrogen (secondary N) is 1. The second-order valence-corrected chi connectivity index (χ2v) is 9.72. The van der Waals surface area contributed by atoms with Crippen LogP contribution in [0.1, 0.15) is 36.4 Å². The number of Topliss-reactive ketones (excluding diaryl/α,β-unsaturated/α-hetero) is 1. The topological polar surface area (TPSA) is 59.8 Å². The molecule has 0 radical (unpaired) electrons. The van der Waals surface area contributed by atoms with Gasteiger partial charge < -0.3 is 5.32 Å². The molecule has 2 heterocycles. The van der Waals surface area contributed by atoms with Crippen LogP contribution in [0.3, 0.4) is 0 Å². The summed E-state index contributed by atoms with van der Waals surface area (Å²) in [4.78, 5) is 17.7. The lowest BCUT2D eigenvalue weighted by Gasteiger charge is -2.32. The monoisotopic (exact) mass is 472 g/mol. The molecule has 0 fully saturated rings. The predicted octanol–water partition coefficient (Wildman–Crippen LogP) is 6.40. The molecule has 1 aliphatic heterocycles. The maximum atomic E-state index is 13.0. The Balaban J connectivity index is 1.36. The first-order valence-corrected chi connectivity index (χ1v) is 12.4. The number of thioether (sulfide) groups is 1. The molecule has 2 aliphatic rings. The predicted molar refractivity (Wildman–Crippen MR) is 133 cm³/mol. The van der Waals surface area contributed by atoms with Crippen molar-refractivity contribution in [2.75, 3.05) is 5.32 Å². The summed E-state index contributed by atoms with van der Waals surface area (Å²) in [6, 6.07) is 22.1. The van der Waals surface area contributed by atoms with Gasteiger partial charge in [-0.1, -0.05) is 78.0 Å². The molecule has 7 heteroatoms. The van der Waals surface area contributed by atoms with Gasteiger partial charge in [0, 0.05) is 28.5 Å². The molecule has 0 saturated heterocycles. The molecule has 1 aromatic heterocycles. The molecule has 0 amide bonds. The van der Waals surface area contributed by atoms with Crippen LogP contribution in [0.5, 0.6) is 0 Å². The van der Waals surface area contributed by atoms with E-state index in [1.54, 1.807) is 11.8 Å². The highest BCUT2D eigenvalue weighted by Crippen LogP contribution is 2.41. The number of ketones is 1. The summed E-state index contributed by atoms with van der Waals surface area (Å²) in [6.45, 7) is 0. The molecule has 1 unspecified atom stereocenters. The normalized spacial score (nSPS) is 17.6. The van der Waals surface area contributed by atoms with Crippen LogP contribution in [0.25, 0.3) is 10.8 Å². The Morgan fingerprint density at radius 1 is 1.06 bits per heavy atom. The first-order valence-electron chi connectivity index (χ1n) is 11.0. The summed E-state index contributed by atoms with van der Waals surface area (Å²) in [6.07, 6.45) is 2.25. The summed E-state index contributed by atoms with van der Waals surface area (Å²) in [5.41, 5.74) is 3.94. The number of allylic oxidation sites excluding steroid dienone is 2. The van der Waals surface area contributed by atoms with Crippen molar-refractivity contribution in [2.24, 2.45) is 0 Å². The van der Waals surface area contributed by atoms with E-state index in [2.05, 4.69) is 47.8 Å². The third kappa shape index (κ3) is 3.73. The average Bonchev–Trinajstić information content (AvgIpc) is 3.24. The molecule has 3 aromatic carbocycles. The zero-order chi connectivity index (χ0) is 22.4. The van der Waals surface area contributed by atoms with Gasteiger partial charge in [-0.25, -0.2) is 4.68 Å². The lowest BCUT2D eigenvalue weighted by Crippen LogP contribution is -2.31. The van der Waals surface area contributed by atoms with Gasteiger partial charge in [0.1, 0.15) is 6.04 Å². The maximum Gasteiger partial charge on any atom is 0.227 e. The van der Waals surface area contributed by atoms with Crippen LogP contribution in [0.2, 0.25) is 5.02 Å². The molecule has 1 atom stereocenters. The van der Waals surface area contributed by atoms with Crippen molar-refractivity contribution in [1.82, 2.24) is 14.8 Å². The van der Waals surface area contributed by atoms with Crippen LogP contribution in [0.4, 0.5) is 5.95 Å². The van der Waals surface area contributed by atoms with E-state index in [0.717, 1.165) is 35.4 Å². The number of benzene rings is 3. The third-order valence-electron chi connectivity index (χ3n) is 6.25. The lowest BCUT2D eigenvalue weighted by atomic mass is 9.85. The molecular weight excluding hydrogens is 452 g/mol. The summed E-state index contributed by atoms with van der Waals surface area (Å²) in [5.74, 6) is 1.60. The number of nitrogens with zero attached hydrogens (tertiary/aromatic N) is 3. The molecule has 0 bridgehead atoms. The smallest absolute Gasteiger partial charge is 0.227 e. The van der Waals surface area contributed by atoms with Crippen molar-refractivity contribution < 1.29 is 4.79 Å². The summed E-state index contributed by atoms with van der Waals surface area (Å²) < 4.78 is 1.85. The Morgan fingerprint density at radius 3 is 2.82 bits per heavy atom. The molecule has 33 heavy (non-hydrogen) atoms. The van der Waals surface area contributed by atoms with Gasteiger partial charge in [0.2, 0.25) is 11.1 Å². The molecule has 164 valence electrons. The fraction of sp³-hybridized carbons (Fsp3) is 0.192. The van der Waals surface area contributed by atoms with Crippen molar-refractivity contribution in [3.05, 3.63) is 94.1 Å². The van der Waals surface area contributed by atoms with Crippen molar-refractivity contribution >= 4 is 45.9 Å². The van der Waals surface area contributed by atoms with Gasteiger partial charge in [-0.15, -0.1) is 5.10 Å². The van der Waals surface area contributed by atoms with E-state index < -0.39 is 0 Å². The first kappa shape index (κ1) is 20.5. The molecular formula is C26H21ClN4OS. The zero-order valence-corrected chi connectivity index (χ0v) is 19.4. The number of hydrogen-bond acceptors (Lipinski definition) is 5. The first-order chi connectivity index (χ1) is 16.2. The van der Waals surface area contributed by atoms with Crippen molar-refractivity contribution in [3.8, 4) is 0 Å². The number of carbonyl (C=O) groups is 1. The molecule has 4 aromatic rings. The standard InChI is InChI=1S/C26H21ClN4OS/c27-19-10-4-8-17(14-19)24-23-21(12-5-13-22(23)32)28-25-29-26(30-31(24)25)33-15-18-9-3-7-16-6-1-2-11-20(16)18/h1-4,6-11,14,24H,5,12-13,15H2,(H,28,29,30). The number of carbonyl (C=O) groups excluding carboxylic acids is 1. The average molecular weight is 473 g/mol. The quantitative estimate of drug-likeness (QED) is 0.348. The molecule has 5 nitrogen and oxygen atoms in total. The summed E-state index contributed by atoms with van der Waals surface area (Å²) >= 11 is 7.91. The molecule has 1 aliphatic carbocycles. The van der Waals surface area contributed by atoms with E-state index >= 15 is 0 Å². The van der Waals surface area contributed by atoms with Gasteiger partial charge in [-0.05, 0) is 46.9 Å². The number of halogens is 1. The Morgan fingerprint density at radius 2 is 1.91 bits per heavy atom. The number of rotatable bonds is 4. The third-order valence-corrected chi connectivity index (χ3v) is 7.37. The second-order valence-electron chi connectivity index (χ2n) is 8.34. The van der Waals surface area contributed by atoms with Gasteiger partial charge in [0.05, 0.1) is 0 Å². The SMILES string of the molecule is O=C1CCCC2=C1C(c1cccc(Cl)c1)n1nc(SCc3cccc4ccccc34)nc1N2. The Bertz CT molecular complexity index is 1420. The Labute approximate surface area is 200 Å². The number of fused-ring (bicyclic) bond motifs is 2. The molecule has 1 N–H and O–H groups in total. The van der Waals surface area contributed by atoms with E-state index in [1.807, 2.05) is 28.9 Å². The second kappa shape index (κ2) is 8.36. The Hall–Kier alpha value is -3.09. The highest BCUT2D eigenvalue weighted by molar-refractivity contribution is 7.98. The summed E-state index contributed by atoms with van der Waals surface area (Å²) in [5, 5.41) is 12.0. The van der Waals surface area contributed by atoms with Gasteiger partial charge in [0.25, 0.3) is 0 Å². The largest absolute Gasteiger partial charge is 0.328 e. The van der Waals surface area contributed by atoms with E-state index in [4.69, 9.17) is 21.7 Å². The fourth-order valence-electron chi connectivity index (χ4n) is 4.74. The minimum absolute atomic E-state index is 0.167. The van der Waals surface area contributed by atoms with Crippen LogP contribution < -0.4 is 5.32 Å². The van der Waals surface area contributed by atoms with E-state index in [1.165, 1.54) is 16.3 Å². The van der Waals surface area contributed by atoms with E-state index in [9.17, 15) is 4.79 Å². The lowest BCUT2D eigenvalue weighted by molar-refractivity contribution is -0.116. The zero-order valence-electron chi connectivity index (χ0n) is 17.8. The number of anilines is 1. The van der Waals surface area contributed by atoms with Gasteiger partial charge in [-0.2, -0.15) is 4.98 Å². The maximum absolute atomic E-state index is 13.0. The van der Waals surface area contributed by atoms with Gasteiger partial charge >= 0.3 is 0 Å². The molecule has 6 rings (SSSR count). The van der Waals surface area contributed by atoms with Crippen molar-refractivity contribution in [1.29, 1.82) is 0 Å². The highest BCUT2D eigenvalue weighted by atomic mass is 35.5. The molecule has 0 saturated carbocycles. The van der Waals surface area contributed by atoms with Crippen LogP contribution in [0.15, 0.2) is 83.2 Å². The fourth-order valence-corrected chi connectivity index (χ4v) is 5.78. The van der Waals surface area contributed by atoms with Crippen LogP contribution in [0, 0.1) is 0 Å². The van der Waals surface area contributed by atoms with Gasteiger partial charge in [-0.3, -0.25) is 4.79 Å². The number of aromatic nitrogens is 3. The van der Waals surface area contributed by atoms with Crippen molar-refractivity contribution in [2.45, 2.75) is 36.2 Å². The Kier molecular flexibility index (Phi) is 5.19. The molecule has 0 spiro atoms. The summed E-state index contributed by atoms with van der Waals surface area (Å²) in [7, 11) is 0. The highest BCUT2D eigenvalue weighted by Gasteiger charge is 2.36. The van der Waals surface area contributed by atoms with Crippen LogP contribution in [-0.2, 0) is 10.5 Å². The van der Waals surface area contributed by atoms with E-state index in [0.29, 0.717) is 22.5 Å². The number of hydrogen-bond donors (Lipinski definition) is 1. The minimum atomic E-state index is -0.317. The minimum Gasteiger partial charge on any atom is -0.328 e. The van der Waals surface area contributed by atoms with Gasteiger partial charge in [0.15, 0.2) is 5.78 Å². The van der Waals surface area contributed by atoms with Crippen LogP contribution in [-0.4, -0.2) is 20.5 Å².